The van der Waals surface area contributed by atoms with E-state index in [2.05, 4.69) is 0 Å². The van der Waals surface area contributed by atoms with E-state index in [1.54, 1.807) is 68.7 Å². The van der Waals surface area contributed by atoms with Gasteiger partial charge in [0.1, 0.15) is 11.5 Å². The minimum atomic E-state index is -1.41. The average molecular weight is 688 g/mol. The summed E-state index contributed by atoms with van der Waals surface area (Å²) < 4.78 is 28.2. The van der Waals surface area contributed by atoms with Crippen LogP contribution < -0.4 is 53.6 Å². The number of carboxylic acids is 1. The van der Waals surface area contributed by atoms with Crippen LogP contribution >= 0.6 is 0 Å². The number of rotatable bonds is 11. The molecule has 3 atom stereocenters. The molecule has 254 valence electrons. The van der Waals surface area contributed by atoms with Gasteiger partial charge in [-0.2, -0.15) is 0 Å². The van der Waals surface area contributed by atoms with Crippen molar-refractivity contribution >= 4 is 17.8 Å². The minimum Gasteiger partial charge on any atom is -0.550 e. The van der Waals surface area contributed by atoms with Crippen molar-refractivity contribution in [3.05, 3.63) is 107 Å². The monoisotopic (exact) mass is 687 g/mol. The molecule has 0 fully saturated rings. The number of hydrogen-bond acceptors (Lipinski definition) is 9. The summed E-state index contributed by atoms with van der Waals surface area (Å²) in [6, 6.07) is 23.2. The van der Waals surface area contributed by atoms with Gasteiger partial charge in [0.25, 0.3) is 0 Å². The fourth-order valence-corrected chi connectivity index (χ4v) is 7.22. The third kappa shape index (κ3) is 6.43. The summed E-state index contributed by atoms with van der Waals surface area (Å²) in [6.07, 6.45) is 0.592. The topological polar surface area (TPSA) is 124 Å². The number of carbonyl (C=O) groups is 3. The molecule has 0 saturated heterocycles. The van der Waals surface area contributed by atoms with Gasteiger partial charge in [-0.3, -0.25) is 4.79 Å². The van der Waals surface area contributed by atoms with Crippen molar-refractivity contribution in [1.29, 1.82) is 0 Å². The Morgan fingerprint density at radius 3 is 2.32 bits per heavy atom. The van der Waals surface area contributed by atoms with Crippen LogP contribution in [0.2, 0.25) is 0 Å². The van der Waals surface area contributed by atoms with Gasteiger partial charge in [-0.15, -0.1) is 0 Å². The molecule has 1 heterocycles. The zero-order valence-corrected chi connectivity index (χ0v) is 31.1. The summed E-state index contributed by atoms with van der Waals surface area (Å²) in [6.45, 7) is 2.49. The molecule has 6 rings (SSSR count). The van der Waals surface area contributed by atoms with Crippen LogP contribution in [-0.4, -0.2) is 64.5 Å². The third-order valence-corrected chi connectivity index (χ3v) is 9.46. The number of fused-ring (bicyclic) bond motifs is 2. The van der Waals surface area contributed by atoms with Crippen LogP contribution in [0.15, 0.2) is 78.9 Å². The van der Waals surface area contributed by atoms with Gasteiger partial charge in [0.2, 0.25) is 12.7 Å². The second kappa shape index (κ2) is 15.2. The minimum absolute atomic E-state index is 0. The van der Waals surface area contributed by atoms with Crippen LogP contribution in [-0.2, 0) is 19.7 Å². The first-order chi connectivity index (χ1) is 23.6. The van der Waals surface area contributed by atoms with E-state index >= 15 is 0 Å². The van der Waals surface area contributed by atoms with Gasteiger partial charge in [0.05, 0.1) is 26.4 Å². The van der Waals surface area contributed by atoms with Gasteiger partial charge < -0.3 is 38.5 Å². The van der Waals surface area contributed by atoms with Gasteiger partial charge in [-0.25, -0.2) is 4.79 Å². The van der Waals surface area contributed by atoms with Crippen LogP contribution in [0.1, 0.15) is 58.3 Å². The number of benzene rings is 4. The number of methoxy groups -OCH3 is 2. The Labute approximate surface area is 313 Å². The standard InChI is InChI=1S/C39H39NO9.Na/c1-6-17-47-25-13-15-31-30(20-25)35(27-14-12-24(45-4)19-29(27)26-9-7-8-10-28(26)38(44)46-5)36(37(42)43)39(31,21-34(41)40(2)3)23-11-16-32-33(18-23)49-22-48-32;/h7-16,18-20,35-36H,6,17,21-22H2,1-5H3,(H,42,43);/q;+1/p-1. The first kappa shape index (κ1) is 36.8. The van der Waals surface area contributed by atoms with E-state index in [4.69, 9.17) is 23.7 Å². The van der Waals surface area contributed by atoms with E-state index in [1.165, 1.54) is 19.1 Å². The van der Waals surface area contributed by atoms with Crippen molar-refractivity contribution in [3.63, 3.8) is 0 Å². The van der Waals surface area contributed by atoms with Gasteiger partial charge in [-0.1, -0.05) is 43.3 Å². The first-order valence-electron chi connectivity index (χ1n) is 16.1. The fourth-order valence-electron chi connectivity index (χ4n) is 7.22. The van der Waals surface area contributed by atoms with E-state index in [0.717, 1.165) is 6.42 Å². The Morgan fingerprint density at radius 1 is 0.880 bits per heavy atom. The van der Waals surface area contributed by atoms with Crippen LogP contribution in [0, 0.1) is 5.92 Å². The van der Waals surface area contributed by atoms with Gasteiger partial charge >= 0.3 is 35.5 Å². The van der Waals surface area contributed by atoms with E-state index in [9.17, 15) is 19.5 Å². The Hall–Kier alpha value is -4.51. The molecule has 11 heteroatoms. The maximum atomic E-state index is 13.9. The number of carbonyl (C=O) groups excluding carboxylic acids is 3. The molecule has 1 aliphatic carbocycles. The second-order valence-corrected chi connectivity index (χ2v) is 12.4. The SMILES string of the molecule is CCCOc1ccc2c(c1)C(c1ccc(OC)cc1-c1ccccc1C(=O)OC)C(C(=O)[O-])C2(CC(=O)N(C)C)c1ccc2c(c1)OCO2.[Na+]. The first-order valence-corrected chi connectivity index (χ1v) is 16.1. The van der Waals surface area contributed by atoms with Crippen LogP contribution in [0.5, 0.6) is 23.0 Å². The maximum Gasteiger partial charge on any atom is 1.00 e. The van der Waals surface area contributed by atoms with Crippen molar-refractivity contribution in [2.45, 2.75) is 31.1 Å². The van der Waals surface area contributed by atoms with Crippen molar-refractivity contribution < 1.29 is 72.7 Å². The largest absolute Gasteiger partial charge is 1.00 e. The molecule has 0 bridgehead atoms. The molecular formula is C39H38NNaO9. The Kier molecular flexibility index (Phi) is 11.2. The van der Waals surface area contributed by atoms with Gasteiger partial charge in [0, 0.05) is 43.7 Å². The van der Waals surface area contributed by atoms with E-state index in [-0.39, 0.29) is 48.7 Å². The predicted molar refractivity (Wildman–Crippen MR) is 179 cm³/mol. The normalized spacial score (nSPS) is 18.4. The summed E-state index contributed by atoms with van der Waals surface area (Å²) in [4.78, 5) is 42.2. The molecule has 1 aliphatic heterocycles. The predicted octanol–water partition coefficient (Wildman–Crippen LogP) is 1.95. The molecule has 50 heavy (non-hydrogen) atoms. The van der Waals surface area contributed by atoms with E-state index in [1.807, 2.05) is 31.2 Å². The number of esters is 1. The number of hydrogen-bond donors (Lipinski definition) is 0. The van der Waals surface area contributed by atoms with Gasteiger partial charge in [-0.05, 0) is 82.3 Å². The summed E-state index contributed by atoms with van der Waals surface area (Å²) in [7, 11) is 6.13. The molecule has 4 aromatic carbocycles. The molecule has 2 aliphatic rings. The van der Waals surface area contributed by atoms with Crippen molar-refractivity contribution in [3.8, 4) is 34.1 Å². The molecule has 0 radical (unpaired) electrons. The zero-order chi connectivity index (χ0) is 34.9. The van der Waals surface area contributed by atoms with E-state index < -0.39 is 29.2 Å². The van der Waals surface area contributed by atoms with Crippen LogP contribution in [0.4, 0.5) is 0 Å². The summed E-state index contributed by atoms with van der Waals surface area (Å²) in [5, 5.41) is 13.9. The Bertz CT molecular complexity index is 1930. The summed E-state index contributed by atoms with van der Waals surface area (Å²) in [5.41, 5.74) is 2.46. The molecule has 0 saturated carbocycles. The van der Waals surface area contributed by atoms with Crippen molar-refractivity contribution in [1.82, 2.24) is 4.90 Å². The van der Waals surface area contributed by atoms with Crippen LogP contribution in [0.25, 0.3) is 11.1 Å². The maximum absolute atomic E-state index is 13.9. The Balaban J connectivity index is 0.00000486. The van der Waals surface area contributed by atoms with E-state index in [0.29, 0.717) is 68.5 Å². The second-order valence-electron chi connectivity index (χ2n) is 12.4. The smallest absolute Gasteiger partial charge is 0.550 e. The summed E-state index contributed by atoms with van der Waals surface area (Å²) >= 11 is 0. The van der Waals surface area contributed by atoms with Crippen molar-refractivity contribution in [2.75, 3.05) is 41.7 Å². The molecule has 1 amide bonds. The molecule has 4 aromatic rings. The molecule has 0 aromatic heterocycles. The van der Waals surface area contributed by atoms with Crippen LogP contribution in [0.3, 0.4) is 0 Å². The number of ether oxygens (including phenoxy) is 5. The Morgan fingerprint density at radius 2 is 1.62 bits per heavy atom. The zero-order valence-electron chi connectivity index (χ0n) is 29.1. The fraction of sp³-hybridized carbons (Fsp3) is 0.308. The molecule has 10 nitrogen and oxygen atoms in total. The third-order valence-electron chi connectivity index (χ3n) is 9.46. The number of amides is 1. The number of nitrogens with zero attached hydrogens (tertiary/aromatic N) is 1. The molecule has 0 N–H and O–H groups in total. The molecular weight excluding hydrogens is 649 g/mol. The summed E-state index contributed by atoms with van der Waals surface area (Å²) in [5.74, 6) is -2.28. The van der Waals surface area contributed by atoms with Gasteiger partial charge in [0.15, 0.2) is 11.5 Å². The number of aliphatic carboxylic acids is 1. The average Bonchev–Trinajstić information content (AvgIpc) is 3.70. The molecule has 3 unspecified atom stereocenters. The quantitative estimate of drug-likeness (QED) is 0.172. The van der Waals surface area contributed by atoms with Crippen molar-refractivity contribution in [2.24, 2.45) is 5.92 Å². The molecule has 0 spiro atoms. The number of carboxylic acid groups (broad SMARTS) is 1.